The summed E-state index contributed by atoms with van der Waals surface area (Å²) in [6, 6.07) is 10.3. The first-order valence-electron chi connectivity index (χ1n) is 8.61. The third kappa shape index (κ3) is 3.28. The number of rotatable bonds is 4. The summed E-state index contributed by atoms with van der Waals surface area (Å²) >= 11 is 1.38. The zero-order chi connectivity index (χ0) is 19.7. The number of nitrogens with one attached hydrogen (secondary N) is 1. The van der Waals surface area contributed by atoms with Gasteiger partial charge in [0.15, 0.2) is 6.61 Å². The lowest BCUT2D eigenvalue weighted by molar-refractivity contribution is -0.119. The van der Waals surface area contributed by atoms with E-state index in [1.54, 1.807) is 24.3 Å². The lowest BCUT2D eigenvalue weighted by Crippen LogP contribution is -2.23. The molecule has 0 saturated carbocycles. The van der Waals surface area contributed by atoms with Crippen molar-refractivity contribution >= 4 is 39.2 Å². The summed E-state index contributed by atoms with van der Waals surface area (Å²) in [4.78, 5) is 37.4. The van der Waals surface area contributed by atoms with Gasteiger partial charge in [-0.3, -0.25) is 4.79 Å². The van der Waals surface area contributed by atoms with Crippen LogP contribution in [-0.4, -0.2) is 18.5 Å². The summed E-state index contributed by atoms with van der Waals surface area (Å²) in [6.45, 7) is -0.571. The number of benzene rings is 1. The number of ether oxygens (including phenoxy) is 1. The van der Waals surface area contributed by atoms with Gasteiger partial charge < -0.3 is 14.5 Å². The van der Waals surface area contributed by atoms with Gasteiger partial charge in [0.25, 0.3) is 5.91 Å². The van der Waals surface area contributed by atoms with Crippen molar-refractivity contribution in [2.75, 3.05) is 11.9 Å². The quantitative estimate of drug-likeness (QED) is 0.538. The molecule has 1 N–H and O–H groups in total. The van der Waals surface area contributed by atoms with E-state index in [1.807, 2.05) is 0 Å². The van der Waals surface area contributed by atoms with E-state index >= 15 is 0 Å². The minimum absolute atomic E-state index is 0.278. The zero-order valence-electron chi connectivity index (χ0n) is 14.6. The van der Waals surface area contributed by atoms with Crippen LogP contribution in [0.4, 0.5) is 5.00 Å². The number of hydrogen-bond donors (Lipinski definition) is 1. The average molecular weight is 394 g/mol. The van der Waals surface area contributed by atoms with Crippen molar-refractivity contribution < 1.29 is 18.7 Å². The largest absolute Gasteiger partial charge is 0.452 e. The third-order valence-electron chi connectivity index (χ3n) is 4.48. The van der Waals surface area contributed by atoms with Gasteiger partial charge in [0.2, 0.25) is 0 Å². The molecule has 2 aromatic heterocycles. The first-order chi connectivity index (χ1) is 13.6. The Morgan fingerprint density at radius 2 is 2.11 bits per heavy atom. The molecule has 140 valence electrons. The van der Waals surface area contributed by atoms with Gasteiger partial charge in [0, 0.05) is 10.3 Å². The van der Waals surface area contributed by atoms with Crippen molar-refractivity contribution in [1.29, 1.82) is 5.26 Å². The Labute approximate surface area is 163 Å². The van der Waals surface area contributed by atoms with Crippen LogP contribution in [0.25, 0.3) is 11.0 Å². The van der Waals surface area contributed by atoms with E-state index in [0.717, 1.165) is 29.7 Å². The summed E-state index contributed by atoms with van der Waals surface area (Å²) in [5, 5.41) is 13.0. The number of nitriles is 1. The van der Waals surface area contributed by atoms with E-state index in [-0.39, 0.29) is 5.56 Å². The Kier molecular flexibility index (Phi) is 4.67. The first-order valence-corrected chi connectivity index (χ1v) is 9.43. The fraction of sp³-hybridized carbons (Fsp3) is 0.200. The highest BCUT2D eigenvalue weighted by atomic mass is 32.1. The molecule has 0 fully saturated rings. The van der Waals surface area contributed by atoms with Gasteiger partial charge in [0.05, 0.1) is 5.56 Å². The minimum Gasteiger partial charge on any atom is -0.452 e. The lowest BCUT2D eigenvalue weighted by Gasteiger charge is -2.06. The normalized spacial score (nSPS) is 12.4. The van der Waals surface area contributed by atoms with E-state index in [1.165, 1.54) is 17.4 Å². The summed E-state index contributed by atoms with van der Waals surface area (Å²) in [5.41, 5.74) is 0.724. The molecule has 1 aromatic carbocycles. The van der Waals surface area contributed by atoms with Crippen LogP contribution < -0.4 is 10.9 Å². The number of amides is 1. The maximum absolute atomic E-state index is 12.2. The van der Waals surface area contributed by atoms with Crippen molar-refractivity contribution in [2.45, 2.75) is 19.3 Å². The summed E-state index contributed by atoms with van der Waals surface area (Å²) in [5.74, 6) is -1.52. The lowest BCUT2D eigenvalue weighted by atomic mass is 10.1. The van der Waals surface area contributed by atoms with E-state index in [2.05, 4.69) is 11.4 Å². The van der Waals surface area contributed by atoms with E-state index in [0.29, 0.717) is 21.5 Å². The number of esters is 1. The third-order valence-corrected chi connectivity index (χ3v) is 5.69. The van der Waals surface area contributed by atoms with Gasteiger partial charge in [-0.2, -0.15) is 5.26 Å². The maximum Gasteiger partial charge on any atom is 0.351 e. The molecule has 2 heterocycles. The van der Waals surface area contributed by atoms with E-state index < -0.39 is 24.1 Å². The monoisotopic (exact) mass is 394 g/mol. The molecule has 28 heavy (non-hydrogen) atoms. The maximum atomic E-state index is 12.2. The van der Waals surface area contributed by atoms with Gasteiger partial charge >= 0.3 is 11.6 Å². The standard InChI is InChI=1S/C20H14N2O5S/c21-9-14-12-5-3-7-16(12)28-18(14)22-17(23)10-26-19(24)13-8-11-4-1-2-6-15(11)27-20(13)25/h1-2,4,6,8H,3,5,7,10H2,(H,22,23). The van der Waals surface area contributed by atoms with Gasteiger partial charge in [0.1, 0.15) is 22.2 Å². The molecule has 0 saturated heterocycles. The molecule has 1 aliphatic rings. The molecule has 1 aliphatic carbocycles. The number of carbonyl (C=O) groups is 2. The molecule has 0 atom stereocenters. The molecule has 8 heteroatoms. The van der Waals surface area contributed by atoms with Crippen LogP contribution in [0.5, 0.6) is 0 Å². The minimum atomic E-state index is -0.941. The Balaban J connectivity index is 1.44. The first kappa shape index (κ1) is 17.9. The van der Waals surface area contributed by atoms with E-state index in [4.69, 9.17) is 9.15 Å². The Morgan fingerprint density at radius 3 is 2.93 bits per heavy atom. The van der Waals surface area contributed by atoms with Crippen LogP contribution in [0.2, 0.25) is 0 Å². The molecule has 1 amide bonds. The number of aryl methyl sites for hydroxylation is 1. The zero-order valence-corrected chi connectivity index (χ0v) is 15.4. The predicted octanol–water partition coefficient (Wildman–Crippen LogP) is 3.01. The summed E-state index contributed by atoms with van der Waals surface area (Å²) < 4.78 is 10.0. The molecule has 4 rings (SSSR count). The van der Waals surface area contributed by atoms with Gasteiger partial charge in [-0.1, -0.05) is 18.2 Å². The SMILES string of the molecule is N#Cc1c(NC(=O)COC(=O)c2cc3ccccc3oc2=O)sc2c1CCC2. The molecule has 0 bridgehead atoms. The summed E-state index contributed by atoms with van der Waals surface area (Å²) in [7, 11) is 0. The topological polar surface area (TPSA) is 109 Å². The number of carbonyl (C=O) groups excluding carboxylic acids is 2. The second-order valence-electron chi connectivity index (χ2n) is 6.28. The van der Waals surface area contributed by atoms with Crippen LogP contribution in [0, 0.1) is 11.3 Å². The number of thiophene rings is 1. The molecule has 0 aliphatic heterocycles. The highest BCUT2D eigenvalue weighted by Crippen LogP contribution is 2.38. The number of nitrogens with zero attached hydrogens (tertiary/aromatic N) is 1. The van der Waals surface area contributed by atoms with Gasteiger partial charge in [-0.05, 0) is 37.0 Å². The highest BCUT2D eigenvalue weighted by Gasteiger charge is 2.23. The van der Waals surface area contributed by atoms with Crippen molar-refractivity contribution in [1.82, 2.24) is 0 Å². The Hall–Kier alpha value is -3.44. The van der Waals surface area contributed by atoms with E-state index in [9.17, 15) is 19.6 Å². The molecule has 0 spiro atoms. The molecular formula is C20H14N2O5S. The van der Waals surface area contributed by atoms with Crippen LogP contribution in [0.15, 0.2) is 39.5 Å². The molecule has 3 aromatic rings. The van der Waals surface area contributed by atoms with Crippen molar-refractivity contribution in [3.8, 4) is 6.07 Å². The van der Waals surface area contributed by atoms with Crippen molar-refractivity contribution in [3.05, 3.63) is 62.3 Å². The summed E-state index contributed by atoms with van der Waals surface area (Å²) in [6.07, 6.45) is 2.74. The number of anilines is 1. The number of fused-ring (bicyclic) bond motifs is 2. The van der Waals surface area contributed by atoms with Crippen LogP contribution >= 0.6 is 11.3 Å². The second kappa shape index (κ2) is 7.29. The average Bonchev–Trinajstić information content (AvgIpc) is 3.26. The molecular weight excluding hydrogens is 380 g/mol. The fourth-order valence-corrected chi connectivity index (χ4v) is 4.44. The Bertz CT molecular complexity index is 1200. The highest BCUT2D eigenvalue weighted by molar-refractivity contribution is 7.16. The van der Waals surface area contributed by atoms with Crippen LogP contribution in [-0.2, 0) is 22.4 Å². The predicted molar refractivity (Wildman–Crippen MR) is 102 cm³/mol. The molecule has 0 radical (unpaired) electrons. The number of para-hydroxylation sites is 1. The fourth-order valence-electron chi connectivity index (χ4n) is 3.19. The molecule has 7 nitrogen and oxygen atoms in total. The molecule has 0 unspecified atom stereocenters. The number of hydrogen-bond acceptors (Lipinski definition) is 7. The van der Waals surface area contributed by atoms with Gasteiger partial charge in [-0.15, -0.1) is 11.3 Å². The van der Waals surface area contributed by atoms with Crippen molar-refractivity contribution in [2.24, 2.45) is 0 Å². The Morgan fingerprint density at radius 1 is 1.29 bits per heavy atom. The second-order valence-corrected chi connectivity index (χ2v) is 7.39. The van der Waals surface area contributed by atoms with Gasteiger partial charge in [-0.25, -0.2) is 9.59 Å². The smallest absolute Gasteiger partial charge is 0.351 e. The van der Waals surface area contributed by atoms with Crippen LogP contribution in [0.1, 0.15) is 32.8 Å². The van der Waals surface area contributed by atoms with Crippen LogP contribution in [0.3, 0.4) is 0 Å². The van der Waals surface area contributed by atoms with Crippen molar-refractivity contribution in [3.63, 3.8) is 0 Å².